The Bertz CT molecular complexity index is 442. The van der Waals surface area contributed by atoms with Gasteiger partial charge in [0.15, 0.2) is 0 Å². The van der Waals surface area contributed by atoms with Gasteiger partial charge in [0.2, 0.25) is 0 Å². The second kappa shape index (κ2) is 6.09. The summed E-state index contributed by atoms with van der Waals surface area (Å²) in [6.07, 6.45) is 5.02. The molecule has 1 N–H and O–H groups in total. The molecular formula is C16H24N2O. The van der Waals surface area contributed by atoms with E-state index in [9.17, 15) is 4.79 Å². The van der Waals surface area contributed by atoms with Crippen molar-refractivity contribution in [2.75, 3.05) is 19.4 Å². The first kappa shape index (κ1) is 13.9. The van der Waals surface area contributed by atoms with Gasteiger partial charge in [0.25, 0.3) is 5.91 Å². The first-order chi connectivity index (χ1) is 9.13. The fourth-order valence-electron chi connectivity index (χ4n) is 2.95. The maximum atomic E-state index is 12.2. The lowest BCUT2D eigenvalue weighted by atomic mass is 10.00. The van der Waals surface area contributed by atoms with Crippen LogP contribution in [0, 0.1) is 5.92 Å². The van der Waals surface area contributed by atoms with Gasteiger partial charge >= 0.3 is 0 Å². The molecule has 0 aromatic heterocycles. The Morgan fingerprint density at radius 2 is 2.05 bits per heavy atom. The minimum atomic E-state index is 0.0640. The summed E-state index contributed by atoms with van der Waals surface area (Å²) in [5.74, 6) is 0.802. The highest BCUT2D eigenvalue weighted by Crippen LogP contribution is 2.31. The van der Waals surface area contributed by atoms with E-state index >= 15 is 0 Å². The van der Waals surface area contributed by atoms with E-state index < -0.39 is 0 Å². The summed E-state index contributed by atoms with van der Waals surface area (Å²) in [7, 11) is 3.59. The molecule has 0 saturated heterocycles. The topological polar surface area (TPSA) is 32.3 Å². The van der Waals surface area contributed by atoms with Crippen molar-refractivity contribution in [1.82, 2.24) is 4.90 Å². The van der Waals surface area contributed by atoms with Crippen LogP contribution in [0.3, 0.4) is 0 Å². The van der Waals surface area contributed by atoms with E-state index in [1.54, 1.807) is 19.0 Å². The number of hydrogen-bond donors (Lipinski definition) is 1. The van der Waals surface area contributed by atoms with Crippen LogP contribution in [0.5, 0.6) is 0 Å². The van der Waals surface area contributed by atoms with Gasteiger partial charge in [-0.3, -0.25) is 4.79 Å². The Kier molecular flexibility index (Phi) is 4.46. The summed E-state index contributed by atoms with van der Waals surface area (Å²) in [4.78, 5) is 13.8. The van der Waals surface area contributed by atoms with Crippen LogP contribution in [0.25, 0.3) is 0 Å². The van der Waals surface area contributed by atoms with E-state index in [1.807, 2.05) is 24.3 Å². The van der Waals surface area contributed by atoms with E-state index in [0.717, 1.165) is 17.2 Å². The molecule has 19 heavy (non-hydrogen) atoms. The third-order valence-corrected chi connectivity index (χ3v) is 4.09. The Morgan fingerprint density at radius 3 is 2.74 bits per heavy atom. The van der Waals surface area contributed by atoms with E-state index in [2.05, 4.69) is 12.2 Å². The standard InChI is InChI=1S/C16H24N2O/c1-4-12-8-7-11-14(12)17-15-10-6-5-9-13(15)16(19)18(2)3/h5-6,9-10,12,14,17H,4,7-8,11H2,1-3H3. The Labute approximate surface area is 116 Å². The molecule has 0 radical (unpaired) electrons. The summed E-state index contributed by atoms with van der Waals surface area (Å²) in [6, 6.07) is 8.35. The van der Waals surface area contributed by atoms with Gasteiger partial charge in [-0.15, -0.1) is 0 Å². The number of rotatable bonds is 4. The number of nitrogens with zero attached hydrogens (tertiary/aromatic N) is 1. The molecule has 0 aliphatic heterocycles. The van der Waals surface area contributed by atoms with Gasteiger partial charge in [-0.2, -0.15) is 0 Å². The van der Waals surface area contributed by atoms with Crippen molar-refractivity contribution in [2.24, 2.45) is 5.92 Å². The van der Waals surface area contributed by atoms with Gasteiger partial charge in [0.1, 0.15) is 0 Å². The molecule has 1 saturated carbocycles. The lowest BCUT2D eigenvalue weighted by Gasteiger charge is -2.23. The zero-order valence-corrected chi connectivity index (χ0v) is 12.1. The van der Waals surface area contributed by atoms with Crippen LogP contribution < -0.4 is 5.32 Å². The molecule has 1 aliphatic carbocycles. The average molecular weight is 260 g/mol. The molecule has 0 spiro atoms. The summed E-state index contributed by atoms with van der Waals surface area (Å²) in [6.45, 7) is 2.25. The zero-order valence-electron chi connectivity index (χ0n) is 12.1. The molecule has 2 rings (SSSR count). The van der Waals surface area contributed by atoms with Crippen LogP contribution in [0.2, 0.25) is 0 Å². The molecular weight excluding hydrogens is 236 g/mol. The van der Waals surface area contributed by atoms with Crippen molar-refractivity contribution in [3.63, 3.8) is 0 Å². The maximum Gasteiger partial charge on any atom is 0.255 e. The van der Waals surface area contributed by atoms with Crippen molar-refractivity contribution < 1.29 is 4.79 Å². The molecule has 1 aromatic rings. The van der Waals surface area contributed by atoms with Gasteiger partial charge in [-0.25, -0.2) is 0 Å². The van der Waals surface area contributed by atoms with E-state index in [4.69, 9.17) is 0 Å². The van der Waals surface area contributed by atoms with Gasteiger partial charge in [0.05, 0.1) is 5.56 Å². The van der Waals surface area contributed by atoms with Crippen molar-refractivity contribution in [1.29, 1.82) is 0 Å². The second-order valence-electron chi connectivity index (χ2n) is 5.60. The number of carbonyl (C=O) groups is 1. The van der Waals surface area contributed by atoms with Crippen LogP contribution in [-0.2, 0) is 0 Å². The van der Waals surface area contributed by atoms with Gasteiger partial charge < -0.3 is 10.2 Å². The number of nitrogens with one attached hydrogen (secondary N) is 1. The third-order valence-electron chi connectivity index (χ3n) is 4.09. The fraction of sp³-hybridized carbons (Fsp3) is 0.562. The molecule has 3 heteroatoms. The van der Waals surface area contributed by atoms with Crippen molar-refractivity contribution in [3.8, 4) is 0 Å². The Morgan fingerprint density at radius 1 is 1.32 bits per heavy atom. The quantitative estimate of drug-likeness (QED) is 0.900. The summed E-state index contributed by atoms with van der Waals surface area (Å²) >= 11 is 0. The van der Waals surface area contributed by atoms with Crippen LogP contribution >= 0.6 is 0 Å². The molecule has 2 unspecified atom stereocenters. The van der Waals surface area contributed by atoms with Gasteiger partial charge in [-0.1, -0.05) is 31.9 Å². The molecule has 1 aliphatic rings. The predicted octanol–water partition coefficient (Wildman–Crippen LogP) is 3.38. The predicted molar refractivity (Wildman–Crippen MR) is 79.5 cm³/mol. The van der Waals surface area contributed by atoms with Gasteiger partial charge in [0, 0.05) is 25.8 Å². The summed E-state index contributed by atoms with van der Waals surface area (Å²) in [5, 5.41) is 3.60. The molecule has 1 fully saturated rings. The van der Waals surface area contributed by atoms with Gasteiger partial charge in [-0.05, 0) is 30.9 Å². The second-order valence-corrected chi connectivity index (χ2v) is 5.60. The highest BCUT2D eigenvalue weighted by molar-refractivity contribution is 5.99. The third kappa shape index (κ3) is 3.09. The van der Waals surface area contributed by atoms with Crippen molar-refractivity contribution >= 4 is 11.6 Å². The Hall–Kier alpha value is -1.51. The average Bonchev–Trinajstić information content (AvgIpc) is 2.85. The minimum absolute atomic E-state index is 0.0640. The number of benzene rings is 1. The lowest BCUT2D eigenvalue weighted by molar-refractivity contribution is 0.0828. The molecule has 3 nitrogen and oxygen atoms in total. The lowest BCUT2D eigenvalue weighted by Crippen LogP contribution is -2.27. The molecule has 104 valence electrons. The zero-order chi connectivity index (χ0) is 13.8. The highest BCUT2D eigenvalue weighted by atomic mass is 16.2. The molecule has 0 heterocycles. The number of amides is 1. The molecule has 0 bridgehead atoms. The van der Waals surface area contributed by atoms with Crippen LogP contribution in [0.4, 0.5) is 5.69 Å². The maximum absolute atomic E-state index is 12.2. The van der Waals surface area contributed by atoms with Crippen LogP contribution in [-0.4, -0.2) is 30.9 Å². The fourth-order valence-corrected chi connectivity index (χ4v) is 2.95. The van der Waals surface area contributed by atoms with E-state index in [1.165, 1.54) is 25.7 Å². The normalized spacial score (nSPS) is 22.3. The first-order valence-electron chi connectivity index (χ1n) is 7.20. The van der Waals surface area contributed by atoms with Crippen molar-refractivity contribution in [3.05, 3.63) is 29.8 Å². The number of para-hydroxylation sites is 1. The van der Waals surface area contributed by atoms with Crippen LogP contribution in [0.15, 0.2) is 24.3 Å². The number of hydrogen-bond acceptors (Lipinski definition) is 2. The largest absolute Gasteiger partial charge is 0.381 e. The molecule has 2 atom stereocenters. The summed E-state index contributed by atoms with van der Waals surface area (Å²) in [5.41, 5.74) is 1.75. The minimum Gasteiger partial charge on any atom is -0.381 e. The monoisotopic (exact) mass is 260 g/mol. The van der Waals surface area contributed by atoms with Crippen molar-refractivity contribution in [2.45, 2.75) is 38.6 Å². The molecule has 1 amide bonds. The smallest absolute Gasteiger partial charge is 0.255 e. The number of carbonyl (C=O) groups excluding carboxylic acids is 1. The Balaban J connectivity index is 2.18. The molecule has 1 aromatic carbocycles. The van der Waals surface area contributed by atoms with E-state index in [-0.39, 0.29) is 5.91 Å². The highest BCUT2D eigenvalue weighted by Gasteiger charge is 2.26. The summed E-state index contributed by atoms with van der Waals surface area (Å²) < 4.78 is 0. The van der Waals surface area contributed by atoms with E-state index in [0.29, 0.717) is 6.04 Å². The first-order valence-corrected chi connectivity index (χ1v) is 7.20. The SMILES string of the molecule is CCC1CCCC1Nc1ccccc1C(=O)N(C)C. The number of anilines is 1. The van der Waals surface area contributed by atoms with Crippen LogP contribution in [0.1, 0.15) is 43.0 Å².